The zero-order valence-corrected chi connectivity index (χ0v) is 19.3. The molecule has 1 aliphatic heterocycles. The monoisotopic (exact) mass is 486 g/mol. The molecule has 0 unspecified atom stereocenters. The number of nitrogens with one attached hydrogen (secondary N) is 2. The van der Waals surface area contributed by atoms with Crippen molar-refractivity contribution < 1.29 is 13.9 Å². The van der Waals surface area contributed by atoms with Crippen molar-refractivity contribution in [1.29, 1.82) is 0 Å². The number of aromatic nitrogens is 3. The number of nitrogens with zero attached hydrogens (tertiary/aromatic N) is 4. The van der Waals surface area contributed by atoms with Crippen molar-refractivity contribution in [1.82, 2.24) is 14.5 Å². The van der Waals surface area contributed by atoms with E-state index in [1.54, 1.807) is 35.0 Å². The highest BCUT2D eigenvalue weighted by Gasteiger charge is 2.15. The van der Waals surface area contributed by atoms with Gasteiger partial charge in [-0.2, -0.15) is 4.98 Å². The molecule has 2 aromatic carbocycles. The number of anilines is 4. The Morgan fingerprint density at radius 2 is 1.94 bits per heavy atom. The second-order valence-corrected chi connectivity index (χ2v) is 8.11. The van der Waals surface area contributed by atoms with E-state index in [1.165, 1.54) is 24.4 Å². The molecule has 1 amide bonds. The molecule has 0 radical (unpaired) electrons. The van der Waals surface area contributed by atoms with Crippen molar-refractivity contribution in [2.75, 3.05) is 41.8 Å². The van der Waals surface area contributed by atoms with Gasteiger partial charge in [0.15, 0.2) is 11.1 Å². The summed E-state index contributed by atoms with van der Waals surface area (Å²) in [6, 6.07) is 13.4. The molecule has 0 saturated carbocycles. The third kappa shape index (κ3) is 4.80. The minimum atomic E-state index is -0.446. The van der Waals surface area contributed by atoms with Gasteiger partial charge in [-0.3, -0.25) is 9.59 Å². The Hall–Kier alpha value is -4.57. The second-order valence-electron chi connectivity index (χ2n) is 8.11. The molecule has 182 valence electrons. The third-order valence-corrected chi connectivity index (χ3v) is 5.79. The van der Waals surface area contributed by atoms with Gasteiger partial charge in [0.1, 0.15) is 5.82 Å². The van der Waals surface area contributed by atoms with Crippen LogP contribution in [0.25, 0.3) is 16.7 Å². The molecular weight excluding hydrogens is 463 g/mol. The van der Waals surface area contributed by atoms with Crippen LogP contribution in [0.15, 0.2) is 78.4 Å². The number of fused-ring (bicyclic) bond motifs is 1. The molecular formula is C26H23FN6O3. The van der Waals surface area contributed by atoms with E-state index in [1.807, 2.05) is 12.1 Å². The van der Waals surface area contributed by atoms with Crippen LogP contribution in [0.3, 0.4) is 0 Å². The van der Waals surface area contributed by atoms with Crippen LogP contribution in [0.5, 0.6) is 0 Å². The Morgan fingerprint density at radius 3 is 2.72 bits per heavy atom. The number of morpholine rings is 1. The maximum absolute atomic E-state index is 14.9. The van der Waals surface area contributed by atoms with Crippen molar-refractivity contribution in [3.8, 4) is 5.69 Å². The molecule has 0 aliphatic carbocycles. The summed E-state index contributed by atoms with van der Waals surface area (Å²) in [5, 5.41) is 5.92. The van der Waals surface area contributed by atoms with E-state index in [4.69, 9.17) is 4.74 Å². The van der Waals surface area contributed by atoms with E-state index in [-0.39, 0.29) is 23.0 Å². The Morgan fingerprint density at radius 1 is 1.11 bits per heavy atom. The normalized spacial score (nSPS) is 13.4. The summed E-state index contributed by atoms with van der Waals surface area (Å²) in [4.78, 5) is 35.0. The number of hydrogen-bond acceptors (Lipinski definition) is 7. The predicted octanol–water partition coefficient (Wildman–Crippen LogP) is 3.62. The van der Waals surface area contributed by atoms with Gasteiger partial charge in [0.25, 0.3) is 0 Å². The lowest BCUT2D eigenvalue weighted by Gasteiger charge is -2.29. The highest BCUT2D eigenvalue weighted by molar-refractivity contribution is 5.99. The largest absolute Gasteiger partial charge is 0.378 e. The lowest BCUT2D eigenvalue weighted by molar-refractivity contribution is -0.111. The first-order valence-corrected chi connectivity index (χ1v) is 11.3. The molecule has 1 aliphatic rings. The Balaban J connectivity index is 1.48. The fourth-order valence-corrected chi connectivity index (χ4v) is 3.97. The number of carbonyl (C=O) groups is 1. The average Bonchev–Trinajstić information content (AvgIpc) is 2.90. The van der Waals surface area contributed by atoms with Crippen LogP contribution in [0.1, 0.15) is 0 Å². The highest BCUT2D eigenvalue weighted by Crippen LogP contribution is 2.25. The lowest BCUT2D eigenvalue weighted by Crippen LogP contribution is -2.36. The number of amides is 1. The van der Waals surface area contributed by atoms with Crippen molar-refractivity contribution in [2.45, 2.75) is 0 Å². The number of benzene rings is 2. The molecule has 1 saturated heterocycles. The van der Waals surface area contributed by atoms with Crippen LogP contribution in [0.4, 0.5) is 27.4 Å². The van der Waals surface area contributed by atoms with Gasteiger partial charge < -0.3 is 24.8 Å². The van der Waals surface area contributed by atoms with Crippen molar-refractivity contribution in [3.63, 3.8) is 0 Å². The first kappa shape index (κ1) is 23.2. The van der Waals surface area contributed by atoms with Crippen molar-refractivity contribution in [3.05, 3.63) is 89.6 Å². The van der Waals surface area contributed by atoms with Crippen LogP contribution >= 0.6 is 0 Å². The van der Waals surface area contributed by atoms with E-state index >= 15 is 0 Å². The zero-order chi connectivity index (χ0) is 25.1. The second kappa shape index (κ2) is 9.96. The van der Waals surface area contributed by atoms with Crippen LogP contribution in [0.2, 0.25) is 0 Å². The zero-order valence-electron chi connectivity index (χ0n) is 19.3. The minimum Gasteiger partial charge on any atom is -0.378 e. The molecule has 0 atom stereocenters. The topological polar surface area (TPSA) is 101 Å². The van der Waals surface area contributed by atoms with E-state index in [0.29, 0.717) is 48.7 Å². The smallest absolute Gasteiger partial charge is 0.247 e. The molecule has 36 heavy (non-hydrogen) atoms. The Kier molecular flexibility index (Phi) is 6.42. The highest BCUT2D eigenvalue weighted by atomic mass is 19.1. The number of rotatable bonds is 6. The summed E-state index contributed by atoms with van der Waals surface area (Å²) in [7, 11) is 0. The van der Waals surface area contributed by atoms with E-state index in [0.717, 1.165) is 5.69 Å². The summed E-state index contributed by atoms with van der Waals surface area (Å²) in [6.07, 6.45) is 4.18. The Bertz CT molecular complexity index is 1510. The van der Waals surface area contributed by atoms with E-state index in [2.05, 4.69) is 32.1 Å². The summed E-state index contributed by atoms with van der Waals surface area (Å²) in [5.41, 5.74) is 2.29. The van der Waals surface area contributed by atoms with Gasteiger partial charge >= 0.3 is 0 Å². The molecule has 0 spiro atoms. The molecule has 2 aromatic heterocycles. The predicted molar refractivity (Wildman–Crippen MR) is 137 cm³/mol. The number of pyridine rings is 1. The van der Waals surface area contributed by atoms with Gasteiger partial charge in [0.05, 0.1) is 24.3 Å². The molecule has 9 nitrogen and oxygen atoms in total. The van der Waals surface area contributed by atoms with Gasteiger partial charge in [-0.15, -0.1) is 0 Å². The summed E-state index contributed by atoms with van der Waals surface area (Å²) >= 11 is 0. The Labute approximate surface area is 205 Å². The SMILES string of the molecule is C=CC(=O)Nc1cccc(-n2ccc(=O)c3cnc(Nc4ccc(N5CCOCC5)cc4F)nc32)c1. The summed E-state index contributed by atoms with van der Waals surface area (Å²) in [5.74, 6) is -0.651. The van der Waals surface area contributed by atoms with Crippen LogP contribution < -0.4 is 21.0 Å². The number of halogens is 1. The minimum absolute atomic E-state index is 0.135. The molecule has 3 heterocycles. The average molecular weight is 487 g/mol. The van der Waals surface area contributed by atoms with Gasteiger partial charge in [-0.05, 0) is 42.5 Å². The number of hydrogen-bond donors (Lipinski definition) is 2. The molecule has 0 bridgehead atoms. The standard InChI is InChI=1S/C26H23FN6O3/c1-2-24(35)29-17-4-3-5-19(14-17)33-9-8-23(34)20-16-28-26(31-25(20)33)30-22-7-6-18(15-21(22)27)32-10-12-36-13-11-32/h2-9,14-16H,1,10-13H2,(H,29,35)(H,28,30,31). The lowest BCUT2D eigenvalue weighted by atomic mass is 10.2. The van der Waals surface area contributed by atoms with Crippen LogP contribution in [-0.4, -0.2) is 46.7 Å². The molecule has 4 aromatic rings. The van der Waals surface area contributed by atoms with Gasteiger partial charge in [0, 0.05) is 48.6 Å². The molecule has 10 heteroatoms. The van der Waals surface area contributed by atoms with Crippen molar-refractivity contribution >= 4 is 40.0 Å². The first-order valence-electron chi connectivity index (χ1n) is 11.3. The fourth-order valence-electron chi connectivity index (χ4n) is 3.97. The maximum Gasteiger partial charge on any atom is 0.247 e. The van der Waals surface area contributed by atoms with Gasteiger partial charge in [-0.1, -0.05) is 12.6 Å². The van der Waals surface area contributed by atoms with Crippen LogP contribution in [-0.2, 0) is 9.53 Å². The maximum atomic E-state index is 14.9. The first-order chi connectivity index (χ1) is 17.5. The molecule has 1 fully saturated rings. The quantitative estimate of drug-likeness (QED) is 0.402. The van der Waals surface area contributed by atoms with E-state index < -0.39 is 5.82 Å². The van der Waals surface area contributed by atoms with Gasteiger partial charge in [-0.25, -0.2) is 9.37 Å². The van der Waals surface area contributed by atoms with Crippen LogP contribution in [0, 0.1) is 5.82 Å². The fraction of sp³-hybridized carbons (Fsp3) is 0.154. The molecule has 2 N–H and O–H groups in total. The van der Waals surface area contributed by atoms with Crippen molar-refractivity contribution in [2.24, 2.45) is 0 Å². The van der Waals surface area contributed by atoms with Gasteiger partial charge in [0.2, 0.25) is 11.9 Å². The summed E-state index contributed by atoms with van der Waals surface area (Å²) < 4.78 is 22.0. The summed E-state index contributed by atoms with van der Waals surface area (Å²) in [6.45, 7) is 6.08. The number of ether oxygens (including phenoxy) is 1. The molecule has 5 rings (SSSR count). The third-order valence-electron chi connectivity index (χ3n) is 5.79. The van der Waals surface area contributed by atoms with E-state index in [9.17, 15) is 14.0 Å². The number of carbonyl (C=O) groups excluding carboxylic acids is 1.